The number of ether oxygens (including phenoxy) is 2. The Morgan fingerprint density at radius 3 is 2.42 bits per heavy atom. The van der Waals surface area contributed by atoms with E-state index in [1.54, 1.807) is 6.92 Å². The van der Waals surface area contributed by atoms with Crippen molar-refractivity contribution in [3.63, 3.8) is 0 Å². The maximum atomic E-state index is 13.6. The van der Waals surface area contributed by atoms with Crippen LogP contribution in [0.3, 0.4) is 0 Å². The number of hydrogen-bond acceptors (Lipinski definition) is 12. The van der Waals surface area contributed by atoms with Gasteiger partial charge in [0.2, 0.25) is 0 Å². The Hall–Kier alpha value is -2.94. The second-order valence-electron chi connectivity index (χ2n) is 10.3. The highest BCUT2D eigenvalue weighted by Crippen LogP contribution is 2.52. The number of rotatable bonds is 5. The first-order chi connectivity index (χ1) is 18.4. The highest BCUT2D eigenvalue weighted by molar-refractivity contribution is 6.31. The summed E-state index contributed by atoms with van der Waals surface area (Å²) in [5.41, 5.74) is 2.35. The average Bonchev–Trinajstić information content (AvgIpc) is 2.90. The molecule has 1 aliphatic heterocycles. The molecule has 5 rings (SSSR count). The van der Waals surface area contributed by atoms with Crippen molar-refractivity contribution < 1.29 is 54.5 Å². The lowest BCUT2D eigenvalue weighted by Gasteiger charge is -2.42. The van der Waals surface area contributed by atoms with Gasteiger partial charge < -0.3 is 45.8 Å². The summed E-state index contributed by atoms with van der Waals surface area (Å²) in [5, 5.41) is 63.4. The van der Waals surface area contributed by atoms with Crippen LogP contribution in [0.4, 0.5) is 0 Å². The number of aliphatic hydroxyl groups excluding tert-OH is 3. The van der Waals surface area contributed by atoms with Crippen LogP contribution < -0.4 is 5.73 Å². The summed E-state index contributed by atoms with van der Waals surface area (Å²) in [7, 11) is 0. The molecular weight excluding hydrogens is 550 g/mol. The molecule has 1 heterocycles. The van der Waals surface area contributed by atoms with E-state index in [0.29, 0.717) is 0 Å². The third-order valence-electron chi connectivity index (χ3n) is 7.88. The maximum absolute atomic E-state index is 13.6. The summed E-state index contributed by atoms with van der Waals surface area (Å²) in [4.78, 5) is 39.7. The molecule has 0 bridgehead atoms. The van der Waals surface area contributed by atoms with Gasteiger partial charge in [0, 0.05) is 47.6 Å². The summed E-state index contributed by atoms with van der Waals surface area (Å²) in [6, 6.07) is 3.53. The normalized spacial score (nSPS) is 29.2. The topological polar surface area (TPSA) is 217 Å². The standard InChI is InChI=1S/C27H29NO11.ClH/c1-10-22(32)14(28)5-17(38-10)39-15-7-27(37,16(31)9-30)6-13-19(15)26(36)21-20(24(13)34)23(33)12-4-2-3-11(8-29)18(12)25(21)35;/h2-4,10,14-15,17,22,29-30,32,34,36-37H,5-9,28H2,1H3;1H/t10-,14?,15-,17+,22?,27-;/m0./s1. The molecule has 2 unspecified atom stereocenters. The minimum Gasteiger partial charge on any atom is -0.507 e. The molecule has 0 spiro atoms. The molecule has 216 valence electrons. The van der Waals surface area contributed by atoms with Gasteiger partial charge in [0.25, 0.3) is 0 Å². The second-order valence-corrected chi connectivity index (χ2v) is 10.3. The fraction of sp³-hybridized carbons (Fsp3) is 0.444. The van der Waals surface area contributed by atoms with E-state index in [2.05, 4.69) is 0 Å². The minimum absolute atomic E-state index is 0. The number of aliphatic hydroxyl groups is 4. The van der Waals surface area contributed by atoms with Crippen molar-refractivity contribution in [2.24, 2.45) is 5.73 Å². The van der Waals surface area contributed by atoms with Gasteiger partial charge in [0.05, 0.1) is 36.0 Å². The van der Waals surface area contributed by atoms with E-state index in [9.17, 15) is 45.0 Å². The van der Waals surface area contributed by atoms with Crippen LogP contribution in [0, 0.1) is 0 Å². The van der Waals surface area contributed by atoms with Crippen LogP contribution in [-0.4, -0.2) is 84.7 Å². The van der Waals surface area contributed by atoms with E-state index in [1.165, 1.54) is 18.2 Å². The lowest BCUT2D eigenvalue weighted by atomic mass is 9.71. The number of nitrogens with two attached hydrogens (primary N) is 1. The van der Waals surface area contributed by atoms with E-state index in [0.717, 1.165) is 0 Å². The van der Waals surface area contributed by atoms with Gasteiger partial charge in [-0.1, -0.05) is 18.2 Å². The van der Waals surface area contributed by atoms with Crippen molar-refractivity contribution in [3.05, 3.63) is 57.1 Å². The van der Waals surface area contributed by atoms with E-state index in [4.69, 9.17) is 15.2 Å². The highest BCUT2D eigenvalue weighted by Gasteiger charge is 2.50. The first-order valence-electron chi connectivity index (χ1n) is 12.5. The molecule has 12 nitrogen and oxygen atoms in total. The quantitative estimate of drug-likeness (QED) is 0.197. The predicted octanol–water partition coefficient (Wildman–Crippen LogP) is -0.0932. The van der Waals surface area contributed by atoms with Crippen molar-refractivity contribution in [1.29, 1.82) is 0 Å². The number of aromatic hydroxyl groups is 2. The van der Waals surface area contributed by atoms with Gasteiger partial charge >= 0.3 is 0 Å². The minimum atomic E-state index is -2.25. The van der Waals surface area contributed by atoms with Crippen molar-refractivity contribution in [3.8, 4) is 11.5 Å². The number of fused-ring (bicyclic) bond motifs is 3. The van der Waals surface area contributed by atoms with Gasteiger partial charge in [-0.3, -0.25) is 14.4 Å². The zero-order chi connectivity index (χ0) is 28.4. The van der Waals surface area contributed by atoms with Gasteiger partial charge in [-0.25, -0.2) is 0 Å². The third-order valence-corrected chi connectivity index (χ3v) is 7.88. The lowest BCUT2D eigenvalue weighted by molar-refractivity contribution is -0.247. The molecule has 0 radical (unpaired) electrons. The zero-order valence-corrected chi connectivity index (χ0v) is 22.2. The molecule has 2 aliphatic carbocycles. The molecule has 0 aromatic heterocycles. The van der Waals surface area contributed by atoms with Gasteiger partial charge in [-0.05, 0) is 12.5 Å². The summed E-state index contributed by atoms with van der Waals surface area (Å²) < 4.78 is 11.7. The van der Waals surface area contributed by atoms with Gasteiger partial charge in [0.15, 0.2) is 23.6 Å². The van der Waals surface area contributed by atoms with E-state index in [-0.39, 0.29) is 46.6 Å². The number of phenols is 2. The summed E-state index contributed by atoms with van der Waals surface area (Å²) in [6.07, 6.45) is -5.21. The third kappa shape index (κ3) is 4.50. The van der Waals surface area contributed by atoms with Crippen LogP contribution in [0.15, 0.2) is 18.2 Å². The van der Waals surface area contributed by atoms with Crippen LogP contribution in [0.1, 0.15) is 74.4 Å². The molecule has 1 saturated heterocycles. The van der Waals surface area contributed by atoms with Gasteiger partial charge in [0.1, 0.15) is 23.7 Å². The monoisotopic (exact) mass is 579 g/mol. The largest absolute Gasteiger partial charge is 0.507 e. The Kier molecular flexibility index (Phi) is 8.11. The van der Waals surface area contributed by atoms with Gasteiger partial charge in [-0.2, -0.15) is 0 Å². The Labute approximate surface area is 234 Å². The molecule has 0 saturated carbocycles. The predicted molar refractivity (Wildman–Crippen MR) is 138 cm³/mol. The Morgan fingerprint density at radius 1 is 1.12 bits per heavy atom. The Bertz CT molecular complexity index is 1380. The highest BCUT2D eigenvalue weighted by atomic mass is 35.5. The van der Waals surface area contributed by atoms with E-state index in [1.807, 2.05) is 0 Å². The van der Waals surface area contributed by atoms with Gasteiger partial charge in [-0.15, -0.1) is 12.4 Å². The fourth-order valence-corrected chi connectivity index (χ4v) is 5.81. The molecule has 3 aliphatic rings. The molecule has 1 fully saturated rings. The number of ketones is 3. The van der Waals surface area contributed by atoms with Crippen LogP contribution in [0.5, 0.6) is 11.5 Å². The second kappa shape index (κ2) is 10.8. The lowest BCUT2D eigenvalue weighted by Crippen LogP contribution is -2.53. The summed E-state index contributed by atoms with van der Waals surface area (Å²) in [6.45, 7) is -0.0137. The number of carbonyl (C=O) groups is 3. The van der Waals surface area contributed by atoms with E-state index >= 15 is 0 Å². The van der Waals surface area contributed by atoms with Crippen molar-refractivity contribution in [2.45, 2.75) is 69.0 Å². The smallest absolute Gasteiger partial charge is 0.198 e. The number of carbonyl (C=O) groups excluding carboxylic acids is 3. The number of phenolic OH excluding ortho intramolecular Hbond substituents is 2. The number of halogens is 1. The van der Waals surface area contributed by atoms with Crippen molar-refractivity contribution >= 4 is 29.8 Å². The zero-order valence-electron chi connectivity index (χ0n) is 21.4. The van der Waals surface area contributed by atoms with Crippen molar-refractivity contribution in [2.75, 3.05) is 6.61 Å². The molecular formula is C27H30ClNO11. The molecule has 6 atom stereocenters. The molecule has 13 heteroatoms. The SMILES string of the molecule is C[C@@H]1O[C@H](O[C@H]2C[C@](O)(C(=O)CO)Cc3c(O)c4c(c(O)c32)C(=O)c2c(CO)cccc2C4=O)CC(N)C1O.Cl. The first kappa shape index (κ1) is 30.0. The molecule has 2 aromatic carbocycles. The number of hydrogen-bond donors (Lipinski definition) is 7. The maximum Gasteiger partial charge on any atom is 0.198 e. The van der Waals surface area contributed by atoms with Crippen LogP contribution in [0.25, 0.3) is 0 Å². The van der Waals surface area contributed by atoms with Crippen LogP contribution in [-0.2, 0) is 27.3 Å². The Balaban J connectivity index is 0.00000370. The van der Waals surface area contributed by atoms with E-state index < -0.39 is 102 Å². The fourth-order valence-electron chi connectivity index (χ4n) is 5.81. The van der Waals surface area contributed by atoms with Crippen LogP contribution >= 0.6 is 12.4 Å². The summed E-state index contributed by atoms with van der Waals surface area (Å²) >= 11 is 0. The van der Waals surface area contributed by atoms with Crippen LogP contribution in [0.2, 0.25) is 0 Å². The summed E-state index contributed by atoms with van der Waals surface area (Å²) in [5.74, 6) is -4.00. The molecule has 0 amide bonds. The average molecular weight is 580 g/mol. The number of benzene rings is 2. The molecule has 2 aromatic rings. The molecule has 40 heavy (non-hydrogen) atoms. The number of Topliss-reactive ketones (excluding diaryl/α,β-unsaturated/α-hetero) is 1. The van der Waals surface area contributed by atoms with Crippen molar-refractivity contribution in [1.82, 2.24) is 0 Å². The molecule has 8 N–H and O–H groups in total. The first-order valence-corrected chi connectivity index (χ1v) is 12.5. The Morgan fingerprint density at radius 2 is 1.80 bits per heavy atom.